The molecule has 3 nitrogen and oxygen atoms in total. The van der Waals surface area contributed by atoms with Crippen LogP contribution in [0.1, 0.15) is 39.2 Å². The number of hydrogen-bond acceptors (Lipinski definition) is 2. The summed E-state index contributed by atoms with van der Waals surface area (Å²) in [7, 11) is 0. The van der Waals surface area contributed by atoms with E-state index in [1.165, 1.54) is 0 Å². The summed E-state index contributed by atoms with van der Waals surface area (Å²) in [5.41, 5.74) is -0.798. The number of nitrogens with one attached hydrogen (secondary N) is 1. The summed E-state index contributed by atoms with van der Waals surface area (Å²) in [5.74, 6) is -1.27. The molecule has 0 spiro atoms. The van der Waals surface area contributed by atoms with Gasteiger partial charge in [0.15, 0.2) is 0 Å². The number of halogens is 2. The lowest BCUT2D eigenvalue weighted by atomic mass is 9.88. The van der Waals surface area contributed by atoms with Crippen LogP contribution in [-0.4, -0.2) is 23.2 Å². The fraction of sp³-hybridized carbons (Fsp3) is 0.562. The Labute approximate surface area is 124 Å². The number of aryl methyl sites for hydroxylation is 1. The summed E-state index contributed by atoms with van der Waals surface area (Å²) in [6.45, 7) is 5.70. The third-order valence-electron chi connectivity index (χ3n) is 3.95. The summed E-state index contributed by atoms with van der Waals surface area (Å²) in [6.07, 6.45) is 0.981. The fourth-order valence-electron chi connectivity index (χ4n) is 1.96. The van der Waals surface area contributed by atoms with Gasteiger partial charge in [0.05, 0.1) is 5.60 Å². The van der Waals surface area contributed by atoms with Gasteiger partial charge in [-0.3, -0.25) is 4.79 Å². The first kappa shape index (κ1) is 17.6. The highest BCUT2D eigenvalue weighted by Gasteiger charge is 2.27. The van der Waals surface area contributed by atoms with Crippen LogP contribution < -0.4 is 5.32 Å². The molecule has 2 unspecified atom stereocenters. The van der Waals surface area contributed by atoms with Crippen molar-refractivity contribution in [1.82, 2.24) is 5.32 Å². The van der Waals surface area contributed by atoms with Crippen LogP contribution in [0.2, 0.25) is 0 Å². The second kappa shape index (κ2) is 7.50. The molecule has 5 heteroatoms. The SMILES string of the molecule is CCC(C)C(C)(O)CNC(=O)CCc1cc(F)ccc1F. The zero-order valence-electron chi connectivity index (χ0n) is 12.7. The first-order valence-electron chi connectivity index (χ1n) is 7.19. The quantitative estimate of drug-likeness (QED) is 0.813. The van der Waals surface area contributed by atoms with Gasteiger partial charge in [-0.25, -0.2) is 8.78 Å². The number of hydrogen-bond donors (Lipinski definition) is 2. The Kier molecular flexibility index (Phi) is 6.27. The average Bonchev–Trinajstić information content (AvgIpc) is 2.45. The Bertz CT molecular complexity index is 489. The number of amides is 1. The molecule has 21 heavy (non-hydrogen) atoms. The Hall–Kier alpha value is -1.49. The topological polar surface area (TPSA) is 49.3 Å². The van der Waals surface area contributed by atoms with E-state index in [0.29, 0.717) is 0 Å². The van der Waals surface area contributed by atoms with Gasteiger partial charge >= 0.3 is 0 Å². The number of benzene rings is 1. The van der Waals surface area contributed by atoms with Gasteiger partial charge in [-0.1, -0.05) is 20.3 Å². The van der Waals surface area contributed by atoms with Crippen molar-refractivity contribution in [2.24, 2.45) is 5.92 Å². The van der Waals surface area contributed by atoms with Crippen molar-refractivity contribution in [3.05, 3.63) is 35.4 Å². The standard InChI is InChI=1S/C16H23F2NO2/c1-4-11(2)16(3,21)10-19-15(20)8-5-12-9-13(17)6-7-14(12)18/h6-7,9,11,21H,4-5,8,10H2,1-3H3,(H,19,20). The molecule has 0 aliphatic carbocycles. The molecule has 0 fully saturated rings. The minimum absolute atomic E-state index is 0.0525. The minimum atomic E-state index is -0.978. The highest BCUT2D eigenvalue weighted by molar-refractivity contribution is 5.76. The van der Waals surface area contributed by atoms with Crippen LogP contribution in [-0.2, 0) is 11.2 Å². The predicted molar refractivity (Wildman–Crippen MR) is 77.8 cm³/mol. The van der Waals surface area contributed by atoms with E-state index in [1.807, 2.05) is 13.8 Å². The van der Waals surface area contributed by atoms with Crippen LogP contribution in [0.4, 0.5) is 8.78 Å². The van der Waals surface area contributed by atoms with Gasteiger partial charge in [0.25, 0.3) is 0 Å². The monoisotopic (exact) mass is 299 g/mol. The lowest BCUT2D eigenvalue weighted by molar-refractivity contribution is -0.122. The van der Waals surface area contributed by atoms with Crippen LogP contribution >= 0.6 is 0 Å². The first-order chi connectivity index (χ1) is 9.76. The van der Waals surface area contributed by atoms with Crippen molar-refractivity contribution >= 4 is 5.91 Å². The molecule has 0 aromatic heterocycles. The van der Waals surface area contributed by atoms with Crippen LogP contribution in [0, 0.1) is 17.6 Å². The predicted octanol–water partition coefficient (Wildman–Crippen LogP) is 2.81. The van der Waals surface area contributed by atoms with Gasteiger partial charge in [-0.2, -0.15) is 0 Å². The maximum absolute atomic E-state index is 13.4. The van der Waals surface area contributed by atoms with Crippen LogP contribution in [0.15, 0.2) is 18.2 Å². The lowest BCUT2D eigenvalue weighted by Gasteiger charge is -2.29. The molecule has 2 N–H and O–H groups in total. The molecule has 0 aliphatic rings. The van der Waals surface area contributed by atoms with E-state index < -0.39 is 17.2 Å². The molecule has 2 atom stereocenters. The zero-order valence-corrected chi connectivity index (χ0v) is 12.7. The first-order valence-corrected chi connectivity index (χ1v) is 7.19. The van der Waals surface area contributed by atoms with Gasteiger partial charge in [0, 0.05) is 13.0 Å². The maximum Gasteiger partial charge on any atom is 0.220 e. The van der Waals surface area contributed by atoms with E-state index >= 15 is 0 Å². The largest absolute Gasteiger partial charge is 0.388 e. The van der Waals surface area contributed by atoms with Crippen molar-refractivity contribution in [2.75, 3.05) is 6.54 Å². The van der Waals surface area contributed by atoms with Crippen molar-refractivity contribution < 1.29 is 18.7 Å². The Balaban J connectivity index is 2.46. The summed E-state index contributed by atoms with van der Waals surface area (Å²) >= 11 is 0. The lowest BCUT2D eigenvalue weighted by Crippen LogP contribution is -2.45. The Morgan fingerprint density at radius 2 is 2.10 bits per heavy atom. The summed E-state index contributed by atoms with van der Waals surface area (Å²) in [5, 5.41) is 12.8. The third kappa shape index (κ3) is 5.42. The van der Waals surface area contributed by atoms with Gasteiger partial charge in [0.2, 0.25) is 5.91 Å². The molecule has 1 aromatic rings. The molecule has 0 aliphatic heterocycles. The second-order valence-corrected chi connectivity index (χ2v) is 5.68. The molecule has 1 amide bonds. The zero-order chi connectivity index (χ0) is 16.0. The normalized spacial score (nSPS) is 15.3. The van der Waals surface area contributed by atoms with Crippen LogP contribution in [0.3, 0.4) is 0 Å². The van der Waals surface area contributed by atoms with E-state index in [2.05, 4.69) is 5.32 Å². The molecule has 118 valence electrons. The van der Waals surface area contributed by atoms with Crippen molar-refractivity contribution in [1.29, 1.82) is 0 Å². The molecule has 0 saturated carbocycles. The number of carbonyl (C=O) groups is 1. The van der Waals surface area contributed by atoms with Gasteiger partial charge in [-0.15, -0.1) is 0 Å². The smallest absolute Gasteiger partial charge is 0.220 e. The minimum Gasteiger partial charge on any atom is -0.388 e. The summed E-state index contributed by atoms with van der Waals surface area (Å²) in [6, 6.07) is 3.19. The molecule has 1 aromatic carbocycles. The van der Waals surface area contributed by atoms with E-state index in [9.17, 15) is 18.7 Å². The molecule has 0 radical (unpaired) electrons. The van der Waals surface area contributed by atoms with Crippen molar-refractivity contribution in [3.8, 4) is 0 Å². The number of aliphatic hydroxyl groups is 1. The summed E-state index contributed by atoms with van der Waals surface area (Å²) in [4.78, 5) is 11.7. The van der Waals surface area contributed by atoms with Crippen molar-refractivity contribution in [3.63, 3.8) is 0 Å². The highest BCUT2D eigenvalue weighted by Crippen LogP contribution is 2.19. The average molecular weight is 299 g/mol. The van der Waals surface area contributed by atoms with Crippen molar-refractivity contribution in [2.45, 2.75) is 45.6 Å². The van der Waals surface area contributed by atoms with E-state index in [1.54, 1.807) is 6.92 Å². The Morgan fingerprint density at radius 3 is 2.71 bits per heavy atom. The maximum atomic E-state index is 13.4. The van der Waals surface area contributed by atoms with E-state index in [-0.39, 0.29) is 36.8 Å². The number of carbonyl (C=O) groups excluding carboxylic acids is 1. The van der Waals surface area contributed by atoms with E-state index in [0.717, 1.165) is 24.6 Å². The van der Waals surface area contributed by atoms with Crippen LogP contribution in [0.5, 0.6) is 0 Å². The van der Waals surface area contributed by atoms with Gasteiger partial charge in [-0.05, 0) is 43.0 Å². The second-order valence-electron chi connectivity index (χ2n) is 5.68. The molecular formula is C16H23F2NO2. The van der Waals surface area contributed by atoms with E-state index in [4.69, 9.17) is 0 Å². The molecule has 1 rings (SSSR count). The molecular weight excluding hydrogens is 276 g/mol. The van der Waals surface area contributed by atoms with Gasteiger partial charge in [0.1, 0.15) is 11.6 Å². The molecule has 0 saturated heterocycles. The van der Waals surface area contributed by atoms with Gasteiger partial charge < -0.3 is 10.4 Å². The summed E-state index contributed by atoms with van der Waals surface area (Å²) < 4.78 is 26.4. The van der Waals surface area contributed by atoms with Crippen LogP contribution in [0.25, 0.3) is 0 Å². The fourth-order valence-corrected chi connectivity index (χ4v) is 1.96. The highest BCUT2D eigenvalue weighted by atomic mass is 19.1. The molecule has 0 bridgehead atoms. The Morgan fingerprint density at radius 1 is 1.43 bits per heavy atom. The third-order valence-corrected chi connectivity index (χ3v) is 3.95. The number of rotatable bonds is 7. The molecule has 0 heterocycles.